The fraction of sp³-hybridized carbons (Fsp3) is 0.0667. The fourth-order valence-electron chi connectivity index (χ4n) is 1.58. The van der Waals surface area contributed by atoms with Crippen LogP contribution in [0.15, 0.2) is 53.6 Å². The number of carbonyl (C=O) groups is 1. The summed E-state index contributed by atoms with van der Waals surface area (Å²) in [7, 11) is 0. The van der Waals surface area contributed by atoms with E-state index in [0.29, 0.717) is 10.6 Å². The van der Waals surface area contributed by atoms with E-state index in [4.69, 9.17) is 11.6 Å². The van der Waals surface area contributed by atoms with Gasteiger partial charge in [-0.15, -0.1) is 0 Å². The minimum atomic E-state index is -0.263. The predicted octanol–water partition coefficient (Wildman–Crippen LogP) is 3.41. The maximum Gasteiger partial charge on any atom is 0.271 e. The molecule has 0 aliphatic rings. The maximum atomic E-state index is 11.7. The molecule has 0 aromatic heterocycles. The van der Waals surface area contributed by atoms with E-state index in [1.807, 2.05) is 31.2 Å². The Morgan fingerprint density at radius 2 is 1.95 bits per heavy atom. The van der Waals surface area contributed by atoms with Gasteiger partial charge in [-0.05, 0) is 36.8 Å². The average molecular weight is 273 g/mol. The molecule has 0 heterocycles. The van der Waals surface area contributed by atoms with Gasteiger partial charge in [0.25, 0.3) is 5.91 Å². The highest BCUT2D eigenvalue weighted by Crippen LogP contribution is 2.09. The van der Waals surface area contributed by atoms with Crippen LogP contribution in [0.5, 0.6) is 0 Å². The molecular formula is C15H13ClN2O. The smallest absolute Gasteiger partial charge is 0.267 e. The Balaban J connectivity index is 1.98. The molecule has 4 heteroatoms. The molecule has 0 fully saturated rings. The summed E-state index contributed by atoms with van der Waals surface area (Å²) in [6.07, 6.45) is 1.61. The predicted molar refractivity (Wildman–Crippen MR) is 77.7 cm³/mol. The van der Waals surface area contributed by atoms with E-state index in [0.717, 1.165) is 11.1 Å². The molecule has 96 valence electrons. The monoisotopic (exact) mass is 272 g/mol. The molecular weight excluding hydrogens is 260 g/mol. The summed E-state index contributed by atoms with van der Waals surface area (Å²) >= 11 is 5.75. The van der Waals surface area contributed by atoms with Crippen molar-refractivity contribution in [1.29, 1.82) is 0 Å². The number of nitrogens with zero attached hydrogens (tertiary/aromatic N) is 1. The summed E-state index contributed by atoms with van der Waals surface area (Å²) in [5.41, 5.74) is 5.08. The zero-order valence-corrected chi connectivity index (χ0v) is 11.2. The number of nitrogens with one attached hydrogen (secondary N) is 1. The molecule has 0 saturated carbocycles. The van der Waals surface area contributed by atoms with Gasteiger partial charge >= 0.3 is 0 Å². The number of carbonyl (C=O) groups excluding carboxylic acids is 1. The van der Waals surface area contributed by atoms with E-state index in [1.54, 1.807) is 30.5 Å². The van der Waals surface area contributed by atoms with Gasteiger partial charge in [-0.2, -0.15) is 5.10 Å². The van der Waals surface area contributed by atoms with Crippen LogP contribution in [0.1, 0.15) is 21.5 Å². The Kier molecular flexibility index (Phi) is 4.31. The van der Waals surface area contributed by atoms with Gasteiger partial charge in [0.15, 0.2) is 0 Å². The van der Waals surface area contributed by atoms with Crippen molar-refractivity contribution in [2.75, 3.05) is 0 Å². The van der Waals surface area contributed by atoms with E-state index in [-0.39, 0.29) is 5.91 Å². The number of hydrogen-bond acceptors (Lipinski definition) is 2. The summed E-state index contributed by atoms with van der Waals surface area (Å²) < 4.78 is 0. The normalized spacial score (nSPS) is 10.6. The molecule has 0 saturated heterocycles. The molecule has 0 aliphatic heterocycles. The number of hydrogen-bond donors (Lipinski definition) is 1. The second kappa shape index (κ2) is 6.16. The summed E-state index contributed by atoms with van der Waals surface area (Å²) in [5.74, 6) is -0.263. The molecule has 2 aromatic rings. The van der Waals surface area contributed by atoms with Crippen LogP contribution in [0.3, 0.4) is 0 Å². The first kappa shape index (κ1) is 13.3. The zero-order chi connectivity index (χ0) is 13.7. The quantitative estimate of drug-likeness (QED) is 0.675. The molecule has 1 N–H and O–H groups in total. The largest absolute Gasteiger partial charge is 0.271 e. The summed E-state index contributed by atoms with van der Waals surface area (Å²) in [6.45, 7) is 2.00. The fourth-order valence-corrected chi connectivity index (χ4v) is 1.71. The molecule has 1 amide bonds. The highest BCUT2D eigenvalue weighted by atomic mass is 35.5. The van der Waals surface area contributed by atoms with Crippen molar-refractivity contribution >= 4 is 23.7 Å². The first-order valence-corrected chi connectivity index (χ1v) is 6.18. The minimum absolute atomic E-state index is 0.263. The van der Waals surface area contributed by atoms with Gasteiger partial charge in [0.05, 0.1) is 6.21 Å². The highest BCUT2D eigenvalue weighted by molar-refractivity contribution is 6.30. The van der Waals surface area contributed by atoms with Crippen molar-refractivity contribution < 1.29 is 4.79 Å². The van der Waals surface area contributed by atoms with E-state index in [1.165, 1.54) is 0 Å². The van der Waals surface area contributed by atoms with Crippen LogP contribution < -0.4 is 5.43 Å². The Morgan fingerprint density at radius 3 is 2.63 bits per heavy atom. The number of aryl methyl sites for hydroxylation is 1. The Morgan fingerprint density at radius 1 is 1.21 bits per heavy atom. The summed E-state index contributed by atoms with van der Waals surface area (Å²) in [6, 6.07) is 14.5. The highest BCUT2D eigenvalue weighted by Gasteiger charge is 2.02. The van der Waals surface area contributed by atoms with Crippen molar-refractivity contribution in [3.63, 3.8) is 0 Å². The van der Waals surface area contributed by atoms with E-state index < -0.39 is 0 Å². The van der Waals surface area contributed by atoms with Gasteiger partial charge in [0.1, 0.15) is 0 Å². The summed E-state index contributed by atoms with van der Waals surface area (Å²) in [5, 5.41) is 4.52. The minimum Gasteiger partial charge on any atom is -0.267 e. The van der Waals surface area contributed by atoms with Crippen molar-refractivity contribution in [1.82, 2.24) is 5.43 Å². The second-order valence-electron chi connectivity index (χ2n) is 4.12. The first-order chi connectivity index (χ1) is 9.15. The third-order valence-corrected chi connectivity index (χ3v) is 2.78. The van der Waals surface area contributed by atoms with Crippen LogP contribution in [-0.4, -0.2) is 12.1 Å². The number of hydrazone groups is 1. The van der Waals surface area contributed by atoms with Crippen molar-refractivity contribution in [3.8, 4) is 0 Å². The zero-order valence-electron chi connectivity index (χ0n) is 10.4. The molecule has 0 aliphatic carbocycles. The molecule has 2 aromatic carbocycles. The second-order valence-corrected chi connectivity index (χ2v) is 4.56. The van der Waals surface area contributed by atoms with Crippen LogP contribution in [-0.2, 0) is 0 Å². The molecule has 19 heavy (non-hydrogen) atoms. The number of benzene rings is 2. The lowest BCUT2D eigenvalue weighted by molar-refractivity contribution is 0.0955. The molecule has 3 nitrogen and oxygen atoms in total. The third kappa shape index (κ3) is 3.93. The van der Waals surface area contributed by atoms with Crippen LogP contribution in [0.25, 0.3) is 0 Å². The first-order valence-electron chi connectivity index (χ1n) is 5.81. The molecule has 0 unspecified atom stereocenters. The van der Waals surface area contributed by atoms with Gasteiger partial charge in [-0.1, -0.05) is 41.4 Å². The standard InChI is InChI=1S/C15H13ClN2O/c1-11-3-2-4-12(9-11)10-17-18-15(19)13-5-7-14(16)8-6-13/h2-10H,1H3,(H,18,19)/b17-10+. The average Bonchev–Trinajstić information content (AvgIpc) is 2.39. The van der Waals surface area contributed by atoms with Crippen LogP contribution in [0, 0.1) is 6.92 Å². The molecule has 0 spiro atoms. The summed E-state index contributed by atoms with van der Waals surface area (Å²) in [4.78, 5) is 11.7. The van der Waals surface area contributed by atoms with Crippen molar-refractivity contribution in [2.45, 2.75) is 6.92 Å². The Labute approximate surface area is 116 Å². The van der Waals surface area contributed by atoms with Gasteiger partial charge in [0, 0.05) is 10.6 Å². The number of amides is 1. The molecule has 0 atom stereocenters. The van der Waals surface area contributed by atoms with Crippen molar-refractivity contribution in [2.24, 2.45) is 5.10 Å². The van der Waals surface area contributed by atoms with Gasteiger partial charge in [-0.25, -0.2) is 5.43 Å². The van der Waals surface area contributed by atoms with E-state index in [2.05, 4.69) is 10.5 Å². The van der Waals surface area contributed by atoms with Gasteiger partial charge < -0.3 is 0 Å². The van der Waals surface area contributed by atoms with Crippen molar-refractivity contribution in [3.05, 3.63) is 70.2 Å². The number of halogens is 1. The van der Waals surface area contributed by atoms with E-state index >= 15 is 0 Å². The van der Waals surface area contributed by atoms with Gasteiger partial charge in [0.2, 0.25) is 0 Å². The Bertz CT molecular complexity index is 606. The topological polar surface area (TPSA) is 41.5 Å². The third-order valence-electron chi connectivity index (χ3n) is 2.53. The number of rotatable bonds is 3. The molecule has 0 bridgehead atoms. The maximum absolute atomic E-state index is 11.7. The lowest BCUT2D eigenvalue weighted by Crippen LogP contribution is -2.17. The molecule has 2 rings (SSSR count). The van der Waals surface area contributed by atoms with Crippen LogP contribution >= 0.6 is 11.6 Å². The van der Waals surface area contributed by atoms with E-state index in [9.17, 15) is 4.79 Å². The molecule has 0 radical (unpaired) electrons. The SMILES string of the molecule is Cc1cccc(/C=N/NC(=O)c2ccc(Cl)cc2)c1. The van der Waals surface area contributed by atoms with Gasteiger partial charge in [-0.3, -0.25) is 4.79 Å². The van der Waals surface area contributed by atoms with Crippen LogP contribution in [0.4, 0.5) is 0 Å². The Hall–Kier alpha value is -2.13. The lowest BCUT2D eigenvalue weighted by atomic mass is 10.2. The van der Waals surface area contributed by atoms with Crippen LogP contribution in [0.2, 0.25) is 5.02 Å². The lowest BCUT2D eigenvalue weighted by Gasteiger charge is -2.00.